The molecular formula is C14H22N6O. The van der Waals surface area contributed by atoms with E-state index in [1.54, 1.807) is 0 Å². The van der Waals surface area contributed by atoms with Crippen molar-refractivity contribution in [3.05, 3.63) is 22.4 Å². The molecule has 0 aromatic carbocycles. The molecular weight excluding hydrogens is 268 g/mol. The molecule has 7 heteroatoms. The van der Waals surface area contributed by atoms with Crippen LogP contribution in [0.4, 0.5) is 5.82 Å². The number of nitrogens with one attached hydrogen (secondary N) is 2. The molecule has 1 aliphatic heterocycles. The van der Waals surface area contributed by atoms with Crippen LogP contribution >= 0.6 is 0 Å². The fourth-order valence-corrected chi connectivity index (χ4v) is 3.14. The Balaban J connectivity index is 1.95. The molecule has 2 N–H and O–H groups in total. The Morgan fingerprint density at radius 2 is 2.33 bits per heavy atom. The van der Waals surface area contributed by atoms with Crippen molar-refractivity contribution in [1.29, 1.82) is 0 Å². The molecule has 1 atom stereocenters. The van der Waals surface area contributed by atoms with Gasteiger partial charge in [0, 0.05) is 18.7 Å². The van der Waals surface area contributed by atoms with Crippen LogP contribution in [0.5, 0.6) is 0 Å². The minimum Gasteiger partial charge on any atom is -0.353 e. The van der Waals surface area contributed by atoms with Crippen LogP contribution in [-0.2, 0) is 0 Å². The van der Waals surface area contributed by atoms with Gasteiger partial charge in [-0.3, -0.25) is 0 Å². The molecule has 1 unspecified atom stereocenters. The lowest BCUT2D eigenvalue weighted by Crippen LogP contribution is -2.41. The van der Waals surface area contributed by atoms with E-state index in [0.29, 0.717) is 17.5 Å². The van der Waals surface area contributed by atoms with Gasteiger partial charge in [-0.15, -0.1) is 0 Å². The number of hydrogen-bond acceptors (Lipinski definition) is 5. The van der Waals surface area contributed by atoms with Gasteiger partial charge in [-0.05, 0) is 46.2 Å². The smallest absolute Gasteiger partial charge is 0.349 e. The average molecular weight is 290 g/mol. The molecule has 2 aromatic heterocycles. The van der Waals surface area contributed by atoms with Gasteiger partial charge >= 0.3 is 5.69 Å². The summed E-state index contributed by atoms with van der Waals surface area (Å²) in [6, 6.07) is 2.41. The highest BCUT2D eigenvalue weighted by Crippen LogP contribution is 2.25. The second-order valence-corrected chi connectivity index (χ2v) is 5.62. The van der Waals surface area contributed by atoms with Gasteiger partial charge in [0.15, 0.2) is 5.65 Å². The van der Waals surface area contributed by atoms with Crippen LogP contribution in [0.2, 0.25) is 0 Å². The molecule has 3 rings (SSSR count). The fraction of sp³-hybridized carbons (Fsp3) is 0.643. The zero-order valence-electron chi connectivity index (χ0n) is 12.6. The van der Waals surface area contributed by atoms with Gasteiger partial charge in [-0.1, -0.05) is 0 Å². The number of hydrogen-bond donors (Lipinski definition) is 2. The SMILES string of the molecule is CNCCC1CCCCN1c1cc2n[nH]c(=O)n2c(C)n1. The van der Waals surface area contributed by atoms with Gasteiger partial charge in [-0.25, -0.2) is 19.3 Å². The number of anilines is 1. The first-order chi connectivity index (χ1) is 10.2. The molecule has 0 bridgehead atoms. The van der Waals surface area contributed by atoms with E-state index in [9.17, 15) is 4.79 Å². The third-order valence-electron chi connectivity index (χ3n) is 4.21. The summed E-state index contributed by atoms with van der Waals surface area (Å²) in [7, 11) is 1.98. The van der Waals surface area contributed by atoms with E-state index in [1.807, 2.05) is 20.0 Å². The highest BCUT2D eigenvalue weighted by molar-refractivity contribution is 5.52. The van der Waals surface area contributed by atoms with Crippen molar-refractivity contribution >= 4 is 11.5 Å². The van der Waals surface area contributed by atoms with E-state index in [4.69, 9.17) is 0 Å². The predicted octanol–water partition coefficient (Wildman–Crippen LogP) is 0.694. The van der Waals surface area contributed by atoms with E-state index in [1.165, 1.54) is 23.7 Å². The molecule has 114 valence electrons. The van der Waals surface area contributed by atoms with Gasteiger partial charge in [0.1, 0.15) is 11.6 Å². The molecule has 0 radical (unpaired) electrons. The Bertz CT molecular complexity index is 676. The Kier molecular flexibility index (Phi) is 3.92. The molecule has 2 aromatic rings. The van der Waals surface area contributed by atoms with Crippen molar-refractivity contribution in [2.45, 2.75) is 38.6 Å². The van der Waals surface area contributed by atoms with E-state index >= 15 is 0 Å². The number of nitrogens with zero attached hydrogens (tertiary/aromatic N) is 4. The molecule has 1 aliphatic rings. The average Bonchev–Trinajstić information content (AvgIpc) is 2.87. The number of aromatic nitrogens is 4. The normalized spacial score (nSPS) is 19.3. The number of H-pyrrole nitrogens is 1. The van der Waals surface area contributed by atoms with Gasteiger partial charge < -0.3 is 10.2 Å². The fourth-order valence-electron chi connectivity index (χ4n) is 3.14. The zero-order valence-corrected chi connectivity index (χ0v) is 12.6. The maximum Gasteiger partial charge on any atom is 0.349 e. The van der Waals surface area contributed by atoms with Crippen molar-refractivity contribution in [3.8, 4) is 0 Å². The highest BCUT2D eigenvalue weighted by atomic mass is 16.1. The Labute approximate surface area is 123 Å². The third-order valence-corrected chi connectivity index (χ3v) is 4.21. The van der Waals surface area contributed by atoms with Crippen molar-refractivity contribution in [3.63, 3.8) is 0 Å². The molecule has 21 heavy (non-hydrogen) atoms. The Hall–Kier alpha value is -1.89. The van der Waals surface area contributed by atoms with Crippen molar-refractivity contribution < 1.29 is 0 Å². The first-order valence-electron chi connectivity index (χ1n) is 7.56. The Morgan fingerprint density at radius 3 is 3.14 bits per heavy atom. The summed E-state index contributed by atoms with van der Waals surface area (Å²) >= 11 is 0. The maximum atomic E-state index is 11.7. The topological polar surface area (TPSA) is 78.3 Å². The van der Waals surface area contributed by atoms with E-state index in [-0.39, 0.29) is 5.69 Å². The van der Waals surface area contributed by atoms with E-state index in [2.05, 4.69) is 25.4 Å². The number of aryl methyl sites for hydroxylation is 1. The summed E-state index contributed by atoms with van der Waals surface area (Å²) in [4.78, 5) is 18.7. The minimum absolute atomic E-state index is 0.230. The number of piperidine rings is 1. The zero-order chi connectivity index (χ0) is 14.8. The summed E-state index contributed by atoms with van der Waals surface area (Å²) in [5.41, 5.74) is 0.410. The molecule has 3 heterocycles. The lowest BCUT2D eigenvalue weighted by atomic mass is 9.99. The molecule has 1 fully saturated rings. The molecule has 0 aliphatic carbocycles. The molecule has 0 saturated carbocycles. The minimum atomic E-state index is -0.230. The Morgan fingerprint density at radius 1 is 1.48 bits per heavy atom. The van der Waals surface area contributed by atoms with Crippen molar-refractivity contribution in [2.24, 2.45) is 0 Å². The van der Waals surface area contributed by atoms with Crippen LogP contribution in [-0.4, -0.2) is 45.8 Å². The monoisotopic (exact) mass is 290 g/mol. The summed E-state index contributed by atoms with van der Waals surface area (Å²) < 4.78 is 1.51. The molecule has 0 amide bonds. The van der Waals surface area contributed by atoms with Gasteiger partial charge in [0.05, 0.1) is 0 Å². The standard InChI is InChI=1S/C14H22N6O/c1-10-16-12(9-13-17-18-14(21)20(10)13)19-8-4-3-5-11(19)6-7-15-2/h9,11,15H,3-8H2,1-2H3,(H,18,21). The highest BCUT2D eigenvalue weighted by Gasteiger charge is 2.24. The van der Waals surface area contributed by atoms with Crippen molar-refractivity contribution in [2.75, 3.05) is 25.0 Å². The lowest BCUT2D eigenvalue weighted by molar-refractivity contribution is 0.430. The van der Waals surface area contributed by atoms with Crippen molar-refractivity contribution in [1.82, 2.24) is 24.9 Å². The number of aromatic amines is 1. The van der Waals surface area contributed by atoms with E-state index in [0.717, 1.165) is 25.3 Å². The summed E-state index contributed by atoms with van der Waals surface area (Å²) in [6.45, 7) is 3.87. The summed E-state index contributed by atoms with van der Waals surface area (Å²) in [5.74, 6) is 1.61. The largest absolute Gasteiger partial charge is 0.353 e. The summed E-state index contributed by atoms with van der Waals surface area (Å²) in [6.07, 6.45) is 4.76. The van der Waals surface area contributed by atoms with Gasteiger partial charge in [0.2, 0.25) is 0 Å². The molecule has 1 saturated heterocycles. The quantitative estimate of drug-likeness (QED) is 0.866. The molecule has 7 nitrogen and oxygen atoms in total. The van der Waals surface area contributed by atoms with Crippen LogP contribution in [0, 0.1) is 6.92 Å². The second-order valence-electron chi connectivity index (χ2n) is 5.62. The van der Waals surface area contributed by atoms with Gasteiger partial charge in [0.25, 0.3) is 0 Å². The number of rotatable bonds is 4. The second kappa shape index (κ2) is 5.85. The molecule has 0 spiro atoms. The van der Waals surface area contributed by atoms with E-state index < -0.39 is 0 Å². The van der Waals surface area contributed by atoms with Crippen LogP contribution in [0.25, 0.3) is 5.65 Å². The van der Waals surface area contributed by atoms with Gasteiger partial charge in [-0.2, -0.15) is 5.10 Å². The first-order valence-corrected chi connectivity index (χ1v) is 7.56. The third kappa shape index (κ3) is 2.65. The van der Waals surface area contributed by atoms with Crippen LogP contribution in [0.15, 0.2) is 10.9 Å². The van der Waals surface area contributed by atoms with Crippen LogP contribution < -0.4 is 15.9 Å². The maximum absolute atomic E-state index is 11.7. The van der Waals surface area contributed by atoms with Crippen LogP contribution in [0.1, 0.15) is 31.5 Å². The lowest BCUT2D eigenvalue weighted by Gasteiger charge is -2.37. The summed E-state index contributed by atoms with van der Waals surface area (Å²) in [5, 5.41) is 9.77. The first kappa shape index (κ1) is 14.1. The predicted molar refractivity (Wildman–Crippen MR) is 81.9 cm³/mol. The number of fused-ring (bicyclic) bond motifs is 1. The van der Waals surface area contributed by atoms with Crippen LogP contribution in [0.3, 0.4) is 0 Å².